The van der Waals surface area contributed by atoms with Crippen molar-refractivity contribution in [3.8, 4) is 5.75 Å². The minimum absolute atomic E-state index is 0.0950. The highest BCUT2D eigenvalue weighted by molar-refractivity contribution is 9.18. The van der Waals surface area contributed by atoms with E-state index in [1.807, 2.05) is 12.1 Å². The molecule has 1 fully saturated rings. The second-order valence-corrected chi connectivity index (χ2v) is 5.27. The molecule has 1 aromatic rings. The molecule has 1 heterocycles. The van der Waals surface area contributed by atoms with Crippen LogP contribution < -0.4 is 4.74 Å². The number of carbonyl (C=O) groups is 1. The summed E-state index contributed by atoms with van der Waals surface area (Å²) < 4.78 is 5.58. The average molecular weight is 312 g/mol. The number of ether oxygens (including phenoxy) is 1. The number of halogens is 1. The fourth-order valence-electron chi connectivity index (χ4n) is 2.16. The van der Waals surface area contributed by atoms with Gasteiger partial charge in [0, 0.05) is 12.1 Å². The fraction of sp³-hybridized carbons (Fsp3) is 0.500. The summed E-state index contributed by atoms with van der Waals surface area (Å²) in [5.74, 6) is 0.824. The maximum Gasteiger partial charge on any atom is 0.228 e. The second-order valence-electron chi connectivity index (χ2n) is 4.55. The van der Waals surface area contributed by atoms with Gasteiger partial charge in [-0.2, -0.15) is 0 Å². The molecular formula is C14H18BrNO2. The monoisotopic (exact) mass is 311 g/mol. The summed E-state index contributed by atoms with van der Waals surface area (Å²) in [7, 11) is 0. The van der Waals surface area contributed by atoms with E-state index in [1.54, 1.807) is 12.1 Å². The molecule has 1 aliphatic rings. The van der Waals surface area contributed by atoms with Crippen molar-refractivity contribution >= 4 is 20.6 Å². The van der Waals surface area contributed by atoms with Gasteiger partial charge >= 0.3 is 0 Å². The molecule has 0 aliphatic carbocycles. The van der Waals surface area contributed by atoms with Crippen LogP contribution in [-0.4, -0.2) is 35.8 Å². The minimum atomic E-state index is -0.0950. The van der Waals surface area contributed by atoms with Gasteiger partial charge in [-0.3, -0.25) is 9.69 Å². The summed E-state index contributed by atoms with van der Waals surface area (Å²) in [6.07, 6.45) is 3.98. The van der Waals surface area contributed by atoms with Gasteiger partial charge in [0.1, 0.15) is 12.4 Å². The van der Waals surface area contributed by atoms with Crippen LogP contribution in [-0.2, 0) is 0 Å². The van der Waals surface area contributed by atoms with Crippen LogP contribution in [0.4, 0.5) is 0 Å². The highest BCUT2D eigenvalue weighted by Gasteiger charge is 2.09. The number of carbonyl (C=O) groups excluding carboxylic acids is 1. The van der Waals surface area contributed by atoms with Crippen molar-refractivity contribution in [2.75, 3.05) is 26.2 Å². The Morgan fingerprint density at radius 3 is 2.44 bits per heavy atom. The first kappa shape index (κ1) is 13.6. The Labute approximate surface area is 116 Å². The Kier molecular flexibility index (Phi) is 5.20. The molecule has 1 aromatic carbocycles. The molecule has 0 atom stereocenters. The number of nitrogens with zero attached hydrogens (tertiary/aromatic N) is 1. The van der Waals surface area contributed by atoms with Gasteiger partial charge in [0.15, 0.2) is 0 Å². The van der Waals surface area contributed by atoms with E-state index in [1.165, 1.54) is 32.4 Å². The van der Waals surface area contributed by atoms with Gasteiger partial charge < -0.3 is 4.74 Å². The van der Waals surface area contributed by atoms with Crippen molar-refractivity contribution in [1.82, 2.24) is 4.90 Å². The first-order chi connectivity index (χ1) is 8.75. The largest absolute Gasteiger partial charge is 0.492 e. The van der Waals surface area contributed by atoms with E-state index < -0.39 is 0 Å². The van der Waals surface area contributed by atoms with Crippen molar-refractivity contribution in [1.29, 1.82) is 0 Å². The fourth-order valence-corrected chi connectivity index (χ4v) is 2.42. The highest BCUT2D eigenvalue weighted by Crippen LogP contribution is 2.14. The average Bonchev–Trinajstić information content (AvgIpc) is 2.40. The summed E-state index contributed by atoms with van der Waals surface area (Å²) in [4.78, 5) is 13.5. The van der Waals surface area contributed by atoms with Crippen LogP contribution in [0, 0.1) is 0 Å². The molecule has 4 heteroatoms. The van der Waals surface area contributed by atoms with Crippen molar-refractivity contribution in [3.05, 3.63) is 29.8 Å². The number of likely N-dealkylation sites (tertiary alicyclic amines) is 1. The normalized spacial score (nSPS) is 16.5. The van der Waals surface area contributed by atoms with E-state index in [4.69, 9.17) is 4.74 Å². The third-order valence-electron chi connectivity index (χ3n) is 3.21. The molecule has 1 aliphatic heterocycles. The third-order valence-corrected chi connectivity index (χ3v) is 3.66. The molecule has 0 bridgehead atoms. The molecule has 0 unspecified atom stereocenters. The molecular weight excluding hydrogens is 294 g/mol. The molecule has 0 amide bonds. The molecule has 0 spiro atoms. The first-order valence-corrected chi connectivity index (χ1v) is 7.20. The van der Waals surface area contributed by atoms with Crippen LogP contribution in [0.15, 0.2) is 24.3 Å². The molecule has 0 radical (unpaired) electrons. The predicted molar refractivity (Wildman–Crippen MR) is 75.5 cm³/mol. The molecule has 0 aromatic heterocycles. The lowest BCUT2D eigenvalue weighted by atomic mass is 10.1. The Bertz CT molecular complexity index is 385. The lowest BCUT2D eigenvalue weighted by Crippen LogP contribution is -2.33. The molecule has 2 rings (SSSR count). The van der Waals surface area contributed by atoms with E-state index in [0.717, 1.165) is 12.3 Å². The van der Waals surface area contributed by atoms with E-state index in [0.29, 0.717) is 12.2 Å². The van der Waals surface area contributed by atoms with Crippen LogP contribution in [0.3, 0.4) is 0 Å². The Morgan fingerprint density at radius 1 is 1.17 bits per heavy atom. The van der Waals surface area contributed by atoms with Crippen molar-refractivity contribution in [3.63, 3.8) is 0 Å². The van der Waals surface area contributed by atoms with E-state index in [9.17, 15) is 4.79 Å². The van der Waals surface area contributed by atoms with Gasteiger partial charge in [0.2, 0.25) is 4.69 Å². The SMILES string of the molecule is O=C(Br)c1ccc(OCCN2CCCCC2)cc1. The van der Waals surface area contributed by atoms with Crippen LogP contribution in [0.2, 0.25) is 0 Å². The maximum absolute atomic E-state index is 11.0. The van der Waals surface area contributed by atoms with Crippen LogP contribution in [0.5, 0.6) is 5.75 Å². The van der Waals surface area contributed by atoms with E-state index in [2.05, 4.69) is 20.8 Å². The van der Waals surface area contributed by atoms with E-state index in [-0.39, 0.29) is 4.69 Å². The van der Waals surface area contributed by atoms with Crippen molar-refractivity contribution < 1.29 is 9.53 Å². The molecule has 0 N–H and O–H groups in total. The second kappa shape index (κ2) is 6.90. The van der Waals surface area contributed by atoms with Gasteiger partial charge in [0.25, 0.3) is 0 Å². The Balaban J connectivity index is 1.74. The minimum Gasteiger partial charge on any atom is -0.492 e. The Hall–Kier alpha value is -0.870. The van der Waals surface area contributed by atoms with Gasteiger partial charge in [0.05, 0.1) is 0 Å². The molecule has 18 heavy (non-hydrogen) atoms. The number of rotatable bonds is 5. The summed E-state index contributed by atoms with van der Waals surface area (Å²) in [5.41, 5.74) is 0.651. The lowest BCUT2D eigenvalue weighted by Gasteiger charge is -2.26. The van der Waals surface area contributed by atoms with Gasteiger partial charge in [-0.25, -0.2) is 0 Å². The molecule has 3 nitrogen and oxygen atoms in total. The summed E-state index contributed by atoms with van der Waals surface area (Å²) in [6, 6.07) is 7.22. The lowest BCUT2D eigenvalue weighted by molar-refractivity contribution is 0.109. The quantitative estimate of drug-likeness (QED) is 0.783. The third kappa shape index (κ3) is 4.10. The van der Waals surface area contributed by atoms with Crippen LogP contribution in [0.1, 0.15) is 29.6 Å². The smallest absolute Gasteiger partial charge is 0.228 e. The maximum atomic E-state index is 11.0. The zero-order valence-electron chi connectivity index (χ0n) is 10.4. The standard InChI is InChI=1S/C14H18BrNO2/c15-14(17)12-4-6-13(7-5-12)18-11-10-16-8-2-1-3-9-16/h4-7H,1-3,8-11H2. The van der Waals surface area contributed by atoms with Crippen LogP contribution in [0.25, 0.3) is 0 Å². The zero-order chi connectivity index (χ0) is 12.8. The predicted octanol–water partition coefficient (Wildman–Crippen LogP) is 3.09. The first-order valence-electron chi connectivity index (χ1n) is 6.41. The summed E-state index contributed by atoms with van der Waals surface area (Å²) in [6.45, 7) is 4.08. The summed E-state index contributed by atoms with van der Waals surface area (Å²) in [5, 5.41) is 0. The zero-order valence-corrected chi connectivity index (χ0v) is 12.0. The van der Waals surface area contributed by atoms with E-state index >= 15 is 0 Å². The molecule has 1 saturated heterocycles. The highest BCUT2D eigenvalue weighted by atomic mass is 79.9. The molecule has 98 valence electrons. The topological polar surface area (TPSA) is 29.5 Å². The van der Waals surface area contributed by atoms with Crippen molar-refractivity contribution in [2.24, 2.45) is 0 Å². The van der Waals surface area contributed by atoms with Gasteiger partial charge in [-0.1, -0.05) is 6.42 Å². The Morgan fingerprint density at radius 2 is 1.83 bits per heavy atom. The number of piperidine rings is 1. The van der Waals surface area contributed by atoms with Gasteiger partial charge in [-0.15, -0.1) is 0 Å². The molecule has 0 saturated carbocycles. The number of hydrogen-bond donors (Lipinski definition) is 0. The van der Waals surface area contributed by atoms with Gasteiger partial charge in [-0.05, 0) is 66.1 Å². The van der Waals surface area contributed by atoms with Crippen LogP contribution >= 0.6 is 15.9 Å². The summed E-state index contributed by atoms with van der Waals surface area (Å²) >= 11 is 2.93. The number of hydrogen-bond acceptors (Lipinski definition) is 3. The number of benzene rings is 1. The van der Waals surface area contributed by atoms with Crippen molar-refractivity contribution in [2.45, 2.75) is 19.3 Å².